The Kier molecular flexibility index (Phi) is 1.95. The highest BCUT2D eigenvalue weighted by Gasteiger charge is 2.06. The molecule has 13 heavy (non-hydrogen) atoms. The van der Waals surface area contributed by atoms with E-state index in [4.69, 9.17) is 4.74 Å². The molecule has 0 aliphatic carbocycles. The number of nitrogens with zero attached hydrogens (tertiary/aromatic N) is 3. The molecule has 4 nitrogen and oxygen atoms in total. The minimum Gasteiger partial charge on any atom is -0.495 e. The van der Waals surface area contributed by atoms with E-state index in [1.165, 1.54) is 4.80 Å². The van der Waals surface area contributed by atoms with Crippen LogP contribution in [0.5, 0.6) is 5.75 Å². The Hall–Kier alpha value is -1.10. The molecule has 1 aromatic heterocycles. The van der Waals surface area contributed by atoms with E-state index in [1.807, 2.05) is 12.1 Å². The van der Waals surface area contributed by atoms with Gasteiger partial charge in [0.25, 0.3) is 0 Å². The van der Waals surface area contributed by atoms with Gasteiger partial charge in [0.2, 0.25) is 0 Å². The fourth-order valence-electron chi connectivity index (χ4n) is 1.18. The third-order valence-corrected chi connectivity index (χ3v) is 2.37. The van der Waals surface area contributed by atoms with Crippen LogP contribution in [0.2, 0.25) is 0 Å². The topological polar surface area (TPSA) is 39.9 Å². The summed E-state index contributed by atoms with van der Waals surface area (Å²) in [5, 5.41) is 8.34. The van der Waals surface area contributed by atoms with Crippen molar-refractivity contribution in [3.63, 3.8) is 0 Å². The molecule has 5 heteroatoms. The number of benzene rings is 1. The quantitative estimate of drug-likeness (QED) is 0.764. The second-order valence-electron chi connectivity index (χ2n) is 2.66. The van der Waals surface area contributed by atoms with Crippen molar-refractivity contribution in [2.75, 3.05) is 7.11 Å². The van der Waals surface area contributed by atoms with Crippen molar-refractivity contribution in [2.24, 2.45) is 7.05 Å². The van der Waals surface area contributed by atoms with E-state index >= 15 is 0 Å². The minimum absolute atomic E-state index is 0.771. The average molecular weight is 242 g/mol. The molecule has 0 N–H and O–H groups in total. The first-order valence-electron chi connectivity index (χ1n) is 3.75. The van der Waals surface area contributed by atoms with Gasteiger partial charge < -0.3 is 4.74 Å². The van der Waals surface area contributed by atoms with Crippen molar-refractivity contribution in [2.45, 2.75) is 0 Å². The monoisotopic (exact) mass is 241 g/mol. The summed E-state index contributed by atoms with van der Waals surface area (Å²) in [6.45, 7) is 0. The maximum Gasteiger partial charge on any atom is 0.135 e. The molecule has 1 heterocycles. The SMILES string of the molecule is COc1cc2nn(C)nc2cc1Br. The molecule has 0 aliphatic rings. The Morgan fingerprint density at radius 2 is 1.92 bits per heavy atom. The first-order chi connectivity index (χ1) is 6.20. The maximum atomic E-state index is 5.14. The lowest BCUT2D eigenvalue weighted by atomic mass is 10.3. The third-order valence-electron chi connectivity index (χ3n) is 1.75. The molecule has 1 aromatic carbocycles. The van der Waals surface area contributed by atoms with E-state index in [1.54, 1.807) is 14.2 Å². The van der Waals surface area contributed by atoms with Gasteiger partial charge in [-0.05, 0) is 22.0 Å². The lowest BCUT2D eigenvalue weighted by Gasteiger charge is -2.00. The van der Waals surface area contributed by atoms with Crippen LogP contribution in [0.3, 0.4) is 0 Å². The number of halogens is 1. The van der Waals surface area contributed by atoms with Gasteiger partial charge in [0.1, 0.15) is 16.8 Å². The summed E-state index contributed by atoms with van der Waals surface area (Å²) in [6.07, 6.45) is 0. The van der Waals surface area contributed by atoms with Gasteiger partial charge in [0.15, 0.2) is 0 Å². The predicted octanol–water partition coefficient (Wildman–Crippen LogP) is 1.74. The number of hydrogen-bond donors (Lipinski definition) is 0. The molecule has 2 rings (SSSR count). The maximum absolute atomic E-state index is 5.14. The minimum atomic E-state index is 0.771. The van der Waals surface area contributed by atoms with Crippen molar-refractivity contribution < 1.29 is 4.74 Å². The van der Waals surface area contributed by atoms with E-state index in [-0.39, 0.29) is 0 Å². The van der Waals surface area contributed by atoms with Crippen LogP contribution < -0.4 is 4.74 Å². The zero-order valence-corrected chi connectivity index (χ0v) is 8.87. The summed E-state index contributed by atoms with van der Waals surface area (Å²) in [5.74, 6) is 0.771. The van der Waals surface area contributed by atoms with Crippen molar-refractivity contribution >= 4 is 27.0 Å². The Labute approximate surface area is 83.6 Å². The molecule has 0 spiro atoms. The van der Waals surface area contributed by atoms with Crippen LogP contribution in [0.15, 0.2) is 16.6 Å². The van der Waals surface area contributed by atoms with Crippen LogP contribution in [0.25, 0.3) is 11.0 Å². The zero-order chi connectivity index (χ0) is 9.42. The normalized spacial score (nSPS) is 10.7. The molecule has 0 radical (unpaired) electrons. The second-order valence-corrected chi connectivity index (χ2v) is 3.52. The first kappa shape index (κ1) is 8.50. The summed E-state index contributed by atoms with van der Waals surface area (Å²) >= 11 is 3.38. The van der Waals surface area contributed by atoms with E-state index in [2.05, 4.69) is 26.1 Å². The van der Waals surface area contributed by atoms with Gasteiger partial charge in [-0.1, -0.05) is 0 Å². The van der Waals surface area contributed by atoms with Crippen molar-refractivity contribution in [3.05, 3.63) is 16.6 Å². The number of aromatic nitrogens is 3. The van der Waals surface area contributed by atoms with Gasteiger partial charge in [0.05, 0.1) is 11.6 Å². The van der Waals surface area contributed by atoms with Crippen LogP contribution in [0, 0.1) is 0 Å². The fourth-order valence-corrected chi connectivity index (χ4v) is 1.68. The summed E-state index contributed by atoms with van der Waals surface area (Å²) < 4.78 is 6.03. The number of aryl methyl sites for hydroxylation is 1. The lowest BCUT2D eigenvalue weighted by Crippen LogP contribution is -1.90. The zero-order valence-electron chi connectivity index (χ0n) is 7.28. The largest absolute Gasteiger partial charge is 0.495 e. The molecule has 0 saturated carbocycles. The van der Waals surface area contributed by atoms with Crippen LogP contribution in [0.4, 0.5) is 0 Å². The number of hydrogen-bond acceptors (Lipinski definition) is 3. The van der Waals surface area contributed by atoms with Gasteiger partial charge in [-0.3, -0.25) is 0 Å². The number of rotatable bonds is 1. The highest BCUT2D eigenvalue weighted by Crippen LogP contribution is 2.28. The summed E-state index contributed by atoms with van der Waals surface area (Å²) in [7, 11) is 3.42. The number of methoxy groups -OCH3 is 1. The smallest absolute Gasteiger partial charge is 0.135 e. The molecule has 0 aliphatic heterocycles. The molecular weight excluding hydrogens is 234 g/mol. The Morgan fingerprint density at radius 1 is 1.31 bits per heavy atom. The van der Waals surface area contributed by atoms with Gasteiger partial charge in [-0.25, -0.2) is 0 Å². The Morgan fingerprint density at radius 3 is 2.54 bits per heavy atom. The molecule has 0 bridgehead atoms. The molecule has 0 saturated heterocycles. The second kappa shape index (κ2) is 2.99. The molecule has 0 amide bonds. The Balaban J connectivity index is 2.72. The summed E-state index contributed by atoms with van der Waals surface area (Å²) in [5.41, 5.74) is 1.69. The van der Waals surface area contributed by atoms with Gasteiger partial charge in [0, 0.05) is 13.1 Å². The highest BCUT2D eigenvalue weighted by molar-refractivity contribution is 9.10. The number of fused-ring (bicyclic) bond motifs is 1. The highest BCUT2D eigenvalue weighted by atomic mass is 79.9. The van der Waals surface area contributed by atoms with E-state index in [0.717, 1.165) is 21.3 Å². The van der Waals surface area contributed by atoms with Crippen LogP contribution in [0.1, 0.15) is 0 Å². The van der Waals surface area contributed by atoms with E-state index < -0.39 is 0 Å². The van der Waals surface area contributed by atoms with Crippen LogP contribution >= 0.6 is 15.9 Å². The van der Waals surface area contributed by atoms with Gasteiger partial charge in [-0.2, -0.15) is 15.0 Å². The van der Waals surface area contributed by atoms with E-state index in [0.29, 0.717) is 0 Å². The van der Waals surface area contributed by atoms with Gasteiger partial charge >= 0.3 is 0 Å². The standard InChI is InChI=1S/C8H8BrN3O/c1-12-10-6-3-5(9)8(13-2)4-7(6)11-12/h3-4H,1-2H3. The molecular formula is C8H8BrN3O. The van der Waals surface area contributed by atoms with Crippen LogP contribution in [-0.2, 0) is 7.05 Å². The molecule has 2 aromatic rings. The third kappa shape index (κ3) is 1.39. The van der Waals surface area contributed by atoms with Crippen molar-refractivity contribution in [1.29, 1.82) is 0 Å². The average Bonchev–Trinajstić information content (AvgIpc) is 2.42. The van der Waals surface area contributed by atoms with Gasteiger partial charge in [-0.15, -0.1) is 0 Å². The fraction of sp³-hybridized carbons (Fsp3) is 0.250. The molecule has 0 unspecified atom stereocenters. The van der Waals surface area contributed by atoms with Crippen molar-refractivity contribution in [3.8, 4) is 5.75 Å². The Bertz CT molecular complexity index is 452. The van der Waals surface area contributed by atoms with E-state index in [9.17, 15) is 0 Å². The summed E-state index contributed by atoms with van der Waals surface area (Å²) in [4.78, 5) is 1.54. The van der Waals surface area contributed by atoms with Crippen LogP contribution in [-0.4, -0.2) is 22.1 Å². The molecule has 68 valence electrons. The summed E-state index contributed by atoms with van der Waals surface area (Å²) in [6, 6.07) is 3.74. The first-order valence-corrected chi connectivity index (χ1v) is 4.54. The molecule has 0 fully saturated rings. The van der Waals surface area contributed by atoms with Crippen molar-refractivity contribution in [1.82, 2.24) is 15.0 Å². The number of ether oxygens (including phenoxy) is 1. The molecule has 0 atom stereocenters. The predicted molar refractivity (Wildman–Crippen MR) is 52.8 cm³/mol. The lowest BCUT2D eigenvalue weighted by molar-refractivity contribution is 0.412.